The summed E-state index contributed by atoms with van der Waals surface area (Å²) in [4.78, 5) is 15.7. The van der Waals surface area contributed by atoms with Crippen molar-refractivity contribution >= 4 is 5.97 Å². The molecular weight excluding hydrogens is 204 g/mol. The number of likely N-dealkylation sites (tertiary alicyclic amines) is 1. The molecule has 0 bridgehead atoms. The van der Waals surface area contributed by atoms with Gasteiger partial charge >= 0.3 is 5.97 Å². The highest BCUT2D eigenvalue weighted by molar-refractivity contribution is 5.78. The molecule has 0 aromatic carbocycles. The zero-order valence-corrected chi connectivity index (χ0v) is 10.9. The summed E-state index contributed by atoms with van der Waals surface area (Å²) in [5.74, 6) is -0.678. The molecule has 1 fully saturated rings. The molecule has 1 rings (SSSR count). The molecule has 1 heterocycles. The van der Waals surface area contributed by atoms with E-state index in [1.54, 1.807) is 0 Å². The minimum atomic E-state index is -0.678. The Kier molecular flexibility index (Phi) is 4.33. The molecule has 94 valence electrons. The average molecular weight is 228 g/mol. The average Bonchev–Trinajstić information content (AvgIpc) is 2.39. The van der Waals surface area contributed by atoms with Crippen molar-refractivity contribution in [3.63, 3.8) is 0 Å². The highest BCUT2D eigenvalue weighted by atomic mass is 16.4. The maximum Gasteiger partial charge on any atom is 0.324 e. The van der Waals surface area contributed by atoms with Gasteiger partial charge in [-0.2, -0.15) is 0 Å². The van der Waals surface area contributed by atoms with Crippen LogP contribution in [0, 0.1) is 0 Å². The Morgan fingerprint density at radius 3 is 2.38 bits per heavy atom. The monoisotopic (exact) mass is 228 g/mol. The SMILES string of the molecule is CC(C)N1CCCC(C(=O)O)(N(C)C)CC1. The molecule has 0 spiro atoms. The maximum absolute atomic E-state index is 11.5. The van der Waals surface area contributed by atoms with Crippen LogP contribution in [0.2, 0.25) is 0 Å². The van der Waals surface area contributed by atoms with Gasteiger partial charge in [-0.25, -0.2) is 0 Å². The third-order valence-corrected chi connectivity index (χ3v) is 3.83. The van der Waals surface area contributed by atoms with Gasteiger partial charge in [0.15, 0.2) is 0 Å². The summed E-state index contributed by atoms with van der Waals surface area (Å²) >= 11 is 0. The van der Waals surface area contributed by atoms with Crippen molar-refractivity contribution in [2.24, 2.45) is 0 Å². The van der Waals surface area contributed by atoms with Crippen molar-refractivity contribution in [2.75, 3.05) is 27.2 Å². The topological polar surface area (TPSA) is 43.8 Å². The van der Waals surface area contributed by atoms with Crippen LogP contribution in [0.1, 0.15) is 33.1 Å². The molecule has 1 aliphatic heterocycles. The Labute approximate surface area is 98.2 Å². The second-order valence-corrected chi connectivity index (χ2v) is 5.21. The summed E-state index contributed by atoms with van der Waals surface area (Å²) in [6.45, 7) is 6.23. The van der Waals surface area contributed by atoms with Gasteiger partial charge < -0.3 is 10.0 Å². The Morgan fingerprint density at radius 1 is 1.31 bits per heavy atom. The number of carbonyl (C=O) groups is 1. The van der Waals surface area contributed by atoms with Gasteiger partial charge in [0.05, 0.1) is 0 Å². The fourth-order valence-corrected chi connectivity index (χ4v) is 2.51. The second kappa shape index (κ2) is 5.15. The number of hydrogen-bond acceptors (Lipinski definition) is 3. The van der Waals surface area contributed by atoms with Gasteiger partial charge in [-0.1, -0.05) is 0 Å². The Hall–Kier alpha value is -0.610. The first-order valence-corrected chi connectivity index (χ1v) is 6.05. The van der Waals surface area contributed by atoms with Crippen molar-refractivity contribution < 1.29 is 9.90 Å². The van der Waals surface area contributed by atoms with Crippen molar-refractivity contribution in [3.8, 4) is 0 Å². The van der Waals surface area contributed by atoms with Crippen molar-refractivity contribution in [3.05, 3.63) is 0 Å². The number of carboxylic acids is 1. The van der Waals surface area contributed by atoms with Gasteiger partial charge in [-0.3, -0.25) is 9.69 Å². The summed E-state index contributed by atoms with van der Waals surface area (Å²) in [5, 5.41) is 9.45. The largest absolute Gasteiger partial charge is 0.480 e. The molecule has 1 aliphatic rings. The normalized spacial score (nSPS) is 28.4. The smallest absolute Gasteiger partial charge is 0.324 e. The van der Waals surface area contributed by atoms with Crippen LogP contribution in [0.15, 0.2) is 0 Å². The first kappa shape index (κ1) is 13.5. The minimum Gasteiger partial charge on any atom is -0.480 e. The molecule has 0 aromatic rings. The molecule has 0 amide bonds. The molecule has 16 heavy (non-hydrogen) atoms. The van der Waals surface area contributed by atoms with Gasteiger partial charge in [0.25, 0.3) is 0 Å². The predicted molar refractivity (Wildman–Crippen MR) is 64.6 cm³/mol. The minimum absolute atomic E-state index is 0.506. The predicted octanol–water partition coefficient (Wildman–Crippen LogP) is 1.27. The van der Waals surface area contributed by atoms with Crippen LogP contribution in [0.25, 0.3) is 0 Å². The molecule has 0 saturated carbocycles. The third kappa shape index (κ3) is 2.55. The van der Waals surface area contributed by atoms with Crippen LogP contribution in [-0.2, 0) is 4.79 Å². The lowest BCUT2D eigenvalue weighted by Gasteiger charge is -2.35. The molecule has 4 heteroatoms. The first-order valence-electron chi connectivity index (χ1n) is 6.05. The number of likely N-dealkylation sites (N-methyl/N-ethyl adjacent to an activating group) is 1. The number of hydrogen-bond donors (Lipinski definition) is 1. The van der Waals surface area contributed by atoms with Crippen LogP contribution in [-0.4, -0.2) is 59.6 Å². The fourth-order valence-electron chi connectivity index (χ4n) is 2.51. The van der Waals surface area contributed by atoms with Gasteiger partial charge in [-0.05, 0) is 53.8 Å². The van der Waals surface area contributed by atoms with E-state index in [0.29, 0.717) is 12.5 Å². The Bertz CT molecular complexity index is 253. The molecule has 1 atom stereocenters. The Balaban J connectivity index is 2.79. The quantitative estimate of drug-likeness (QED) is 0.790. The molecular formula is C12H24N2O2. The van der Waals surface area contributed by atoms with Crippen LogP contribution >= 0.6 is 0 Å². The molecule has 0 radical (unpaired) electrons. The maximum atomic E-state index is 11.5. The molecule has 4 nitrogen and oxygen atoms in total. The van der Waals surface area contributed by atoms with E-state index in [4.69, 9.17) is 0 Å². The van der Waals surface area contributed by atoms with E-state index in [9.17, 15) is 9.90 Å². The first-order chi connectivity index (χ1) is 7.40. The highest BCUT2D eigenvalue weighted by Gasteiger charge is 2.42. The van der Waals surface area contributed by atoms with Gasteiger partial charge in [-0.15, -0.1) is 0 Å². The van der Waals surface area contributed by atoms with Gasteiger partial charge in [0.1, 0.15) is 5.54 Å². The van der Waals surface area contributed by atoms with E-state index >= 15 is 0 Å². The lowest BCUT2D eigenvalue weighted by Crippen LogP contribution is -2.51. The zero-order valence-electron chi connectivity index (χ0n) is 10.9. The van der Waals surface area contributed by atoms with Gasteiger partial charge in [0.2, 0.25) is 0 Å². The molecule has 0 aliphatic carbocycles. The van der Waals surface area contributed by atoms with Crippen molar-refractivity contribution in [1.29, 1.82) is 0 Å². The fraction of sp³-hybridized carbons (Fsp3) is 0.917. The van der Waals surface area contributed by atoms with E-state index in [0.717, 1.165) is 25.9 Å². The highest BCUT2D eigenvalue weighted by Crippen LogP contribution is 2.28. The number of carboxylic acid groups (broad SMARTS) is 1. The summed E-state index contributed by atoms with van der Waals surface area (Å²) in [7, 11) is 3.75. The van der Waals surface area contributed by atoms with E-state index in [-0.39, 0.29) is 0 Å². The van der Waals surface area contributed by atoms with Crippen LogP contribution < -0.4 is 0 Å². The zero-order chi connectivity index (χ0) is 12.3. The van der Waals surface area contributed by atoms with Crippen molar-refractivity contribution in [2.45, 2.75) is 44.7 Å². The molecule has 1 saturated heterocycles. The van der Waals surface area contributed by atoms with E-state index in [1.165, 1.54) is 0 Å². The number of nitrogens with zero attached hydrogens (tertiary/aromatic N) is 2. The Morgan fingerprint density at radius 2 is 1.94 bits per heavy atom. The standard InChI is InChI=1S/C12H24N2O2/c1-10(2)14-8-5-6-12(7-9-14,11(15)16)13(3)4/h10H,5-9H2,1-4H3,(H,15,16). The lowest BCUT2D eigenvalue weighted by molar-refractivity contribution is -0.150. The summed E-state index contributed by atoms with van der Waals surface area (Å²) in [5.41, 5.74) is -0.663. The van der Waals surface area contributed by atoms with Crippen molar-refractivity contribution in [1.82, 2.24) is 9.80 Å². The summed E-state index contributed by atoms with van der Waals surface area (Å²) in [6, 6.07) is 0.506. The van der Waals surface area contributed by atoms with E-state index in [2.05, 4.69) is 18.7 Å². The summed E-state index contributed by atoms with van der Waals surface area (Å²) in [6.07, 6.45) is 2.43. The van der Waals surface area contributed by atoms with Crippen LogP contribution in [0.5, 0.6) is 0 Å². The molecule has 0 aromatic heterocycles. The molecule has 1 N–H and O–H groups in total. The third-order valence-electron chi connectivity index (χ3n) is 3.83. The number of aliphatic carboxylic acids is 1. The lowest BCUT2D eigenvalue weighted by atomic mass is 9.89. The van der Waals surface area contributed by atoms with E-state index in [1.807, 2.05) is 19.0 Å². The van der Waals surface area contributed by atoms with Gasteiger partial charge in [0, 0.05) is 12.6 Å². The number of rotatable bonds is 3. The molecule has 1 unspecified atom stereocenters. The van der Waals surface area contributed by atoms with Crippen LogP contribution in [0.3, 0.4) is 0 Å². The second-order valence-electron chi connectivity index (χ2n) is 5.21. The van der Waals surface area contributed by atoms with E-state index < -0.39 is 11.5 Å². The summed E-state index contributed by atoms with van der Waals surface area (Å²) < 4.78 is 0. The van der Waals surface area contributed by atoms with Crippen LogP contribution in [0.4, 0.5) is 0 Å².